The van der Waals surface area contributed by atoms with E-state index in [2.05, 4.69) is 15.9 Å². The van der Waals surface area contributed by atoms with Crippen LogP contribution in [0.25, 0.3) is 0 Å². The van der Waals surface area contributed by atoms with E-state index in [0.29, 0.717) is 31.9 Å². The van der Waals surface area contributed by atoms with E-state index in [4.69, 9.17) is 9.94 Å². The Bertz CT molecular complexity index is 850. The van der Waals surface area contributed by atoms with E-state index < -0.39 is 5.91 Å². The van der Waals surface area contributed by atoms with Gasteiger partial charge >= 0.3 is 0 Å². The van der Waals surface area contributed by atoms with Gasteiger partial charge in [-0.1, -0.05) is 6.42 Å². The van der Waals surface area contributed by atoms with Crippen LogP contribution >= 0.6 is 27.3 Å². The zero-order chi connectivity index (χ0) is 22.1. The molecule has 0 atom stereocenters. The molecule has 2 N–H and O–H groups in total. The molecule has 0 spiro atoms. The molecule has 1 aliphatic carbocycles. The maximum Gasteiger partial charge on any atom is 0.243 e. The molecule has 0 saturated heterocycles. The van der Waals surface area contributed by atoms with Gasteiger partial charge in [-0.3, -0.25) is 14.8 Å². The second-order valence-corrected chi connectivity index (χ2v) is 10.3. The zero-order valence-corrected chi connectivity index (χ0v) is 19.9. The van der Waals surface area contributed by atoms with Crippen molar-refractivity contribution in [2.24, 2.45) is 0 Å². The van der Waals surface area contributed by atoms with Crippen LogP contribution in [0, 0.1) is 0 Å². The maximum atomic E-state index is 13.0. The van der Waals surface area contributed by atoms with Crippen molar-refractivity contribution in [2.75, 3.05) is 4.90 Å². The van der Waals surface area contributed by atoms with Gasteiger partial charge < -0.3 is 9.64 Å². The molecule has 3 rings (SSSR count). The Kier molecular flexibility index (Phi) is 9.36. The van der Waals surface area contributed by atoms with E-state index in [1.165, 1.54) is 12.8 Å². The lowest BCUT2D eigenvalue weighted by atomic mass is 10.1. The van der Waals surface area contributed by atoms with Crippen LogP contribution in [-0.4, -0.2) is 23.1 Å². The van der Waals surface area contributed by atoms with Crippen molar-refractivity contribution in [3.05, 3.63) is 45.1 Å². The zero-order valence-electron chi connectivity index (χ0n) is 17.5. The summed E-state index contributed by atoms with van der Waals surface area (Å²) in [6, 6.07) is 11.8. The Balaban J connectivity index is 1.61. The summed E-state index contributed by atoms with van der Waals surface area (Å²) in [6.45, 7) is 0.519. The van der Waals surface area contributed by atoms with Crippen LogP contribution in [0.4, 0.5) is 5.69 Å². The van der Waals surface area contributed by atoms with Crippen LogP contribution in [0.5, 0.6) is 5.75 Å². The molecule has 0 radical (unpaired) electrons. The molecule has 6 nitrogen and oxygen atoms in total. The summed E-state index contributed by atoms with van der Waals surface area (Å²) in [7, 11) is 0. The van der Waals surface area contributed by atoms with Crippen LogP contribution in [0.3, 0.4) is 0 Å². The predicted octanol–water partition coefficient (Wildman–Crippen LogP) is 5.82. The van der Waals surface area contributed by atoms with Gasteiger partial charge in [0, 0.05) is 23.4 Å². The van der Waals surface area contributed by atoms with E-state index >= 15 is 0 Å². The molecule has 1 aliphatic rings. The molecule has 8 heteroatoms. The van der Waals surface area contributed by atoms with Crippen LogP contribution in [-0.2, 0) is 16.1 Å². The van der Waals surface area contributed by atoms with E-state index in [0.717, 1.165) is 39.4 Å². The molecule has 168 valence electrons. The first-order valence-electron chi connectivity index (χ1n) is 10.8. The molecule has 1 heterocycles. The highest BCUT2D eigenvalue weighted by Gasteiger charge is 2.19. The molecule has 1 fully saturated rings. The molecule has 2 amide bonds. The lowest BCUT2D eigenvalue weighted by Crippen LogP contribution is -2.29. The highest BCUT2D eigenvalue weighted by atomic mass is 79.9. The minimum Gasteiger partial charge on any atom is -0.490 e. The number of hydrogen-bond acceptors (Lipinski definition) is 5. The third kappa shape index (κ3) is 7.63. The average molecular weight is 509 g/mol. The Labute approximate surface area is 195 Å². The first-order chi connectivity index (χ1) is 15.0. The number of hydroxylamine groups is 1. The maximum absolute atomic E-state index is 13.0. The van der Waals surface area contributed by atoms with Crippen molar-refractivity contribution in [3.63, 3.8) is 0 Å². The number of hydrogen-bond donors (Lipinski definition) is 2. The summed E-state index contributed by atoms with van der Waals surface area (Å²) in [6.07, 6.45) is 7.76. The number of nitrogens with one attached hydrogen (secondary N) is 1. The molecule has 31 heavy (non-hydrogen) atoms. The fourth-order valence-electron chi connectivity index (χ4n) is 3.75. The molecular formula is C23H29BrN2O4S. The summed E-state index contributed by atoms with van der Waals surface area (Å²) in [5.74, 6) is 0.515. The highest BCUT2D eigenvalue weighted by molar-refractivity contribution is 9.11. The number of unbranched alkanes of at least 4 members (excludes halogenated alkanes) is 2. The van der Waals surface area contributed by atoms with Gasteiger partial charge in [0.25, 0.3) is 0 Å². The van der Waals surface area contributed by atoms with Crippen molar-refractivity contribution >= 4 is 44.8 Å². The number of halogens is 1. The lowest BCUT2D eigenvalue weighted by Gasteiger charge is -2.23. The second-order valence-electron chi connectivity index (χ2n) is 7.80. The van der Waals surface area contributed by atoms with E-state index in [1.54, 1.807) is 16.8 Å². The minimum absolute atomic E-state index is 0.0561. The lowest BCUT2D eigenvalue weighted by molar-refractivity contribution is -0.129. The largest absolute Gasteiger partial charge is 0.490 e. The van der Waals surface area contributed by atoms with Crippen LogP contribution in [0.15, 0.2) is 40.2 Å². The second kappa shape index (κ2) is 12.2. The summed E-state index contributed by atoms with van der Waals surface area (Å²) >= 11 is 5.11. The van der Waals surface area contributed by atoms with Crippen molar-refractivity contribution in [1.82, 2.24) is 5.48 Å². The Morgan fingerprint density at radius 3 is 2.42 bits per heavy atom. The van der Waals surface area contributed by atoms with Gasteiger partial charge in [0.15, 0.2) is 0 Å². The Morgan fingerprint density at radius 2 is 1.77 bits per heavy atom. The summed E-state index contributed by atoms with van der Waals surface area (Å²) in [5.41, 5.74) is 2.49. The van der Waals surface area contributed by atoms with Gasteiger partial charge in [-0.2, -0.15) is 0 Å². The van der Waals surface area contributed by atoms with Gasteiger partial charge in [-0.25, -0.2) is 5.48 Å². The number of thiophene rings is 1. The first kappa shape index (κ1) is 23.8. The fraction of sp³-hybridized carbons (Fsp3) is 0.478. The molecule has 1 aromatic carbocycles. The minimum atomic E-state index is -0.392. The molecule has 0 bridgehead atoms. The monoisotopic (exact) mass is 508 g/mol. The topological polar surface area (TPSA) is 78.9 Å². The van der Waals surface area contributed by atoms with Gasteiger partial charge in [0.2, 0.25) is 11.8 Å². The van der Waals surface area contributed by atoms with E-state index in [1.807, 2.05) is 41.3 Å². The van der Waals surface area contributed by atoms with Crippen LogP contribution in [0.2, 0.25) is 0 Å². The number of ether oxygens (including phenoxy) is 1. The Hall–Kier alpha value is -1.90. The molecule has 1 aromatic heterocycles. The van der Waals surface area contributed by atoms with Crippen molar-refractivity contribution in [1.29, 1.82) is 0 Å². The third-order valence-electron chi connectivity index (χ3n) is 5.42. The number of amides is 2. The molecular weight excluding hydrogens is 480 g/mol. The van der Waals surface area contributed by atoms with Crippen molar-refractivity contribution in [2.45, 2.75) is 70.4 Å². The smallest absolute Gasteiger partial charge is 0.243 e. The molecule has 2 aromatic rings. The summed E-state index contributed by atoms with van der Waals surface area (Å²) < 4.78 is 7.09. The predicted molar refractivity (Wildman–Crippen MR) is 126 cm³/mol. The summed E-state index contributed by atoms with van der Waals surface area (Å²) in [4.78, 5) is 27.1. The number of carbonyl (C=O) groups is 2. The van der Waals surface area contributed by atoms with Crippen LogP contribution < -0.4 is 15.1 Å². The van der Waals surface area contributed by atoms with Gasteiger partial charge in [-0.05, 0) is 90.9 Å². The Morgan fingerprint density at radius 1 is 1.06 bits per heavy atom. The number of rotatable bonds is 11. The number of benzene rings is 1. The van der Waals surface area contributed by atoms with Gasteiger partial charge in [-0.15, -0.1) is 11.3 Å². The average Bonchev–Trinajstić information content (AvgIpc) is 3.43. The standard InChI is InChI=1S/C23H29BrN2O4S/c24-21-15-14-20(31-21)16-26(23(28)9-3-1-2-8-22(27)25-29)17-10-12-19(13-11-17)30-18-6-4-5-7-18/h10-15,18,29H,1-9,16H2,(H,25,27). The molecule has 1 saturated carbocycles. The summed E-state index contributed by atoms with van der Waals surface area (Å²) in [5, 5.41) is 8.55. The van der Waals surface area contributed by atoms with Crippen molar-refractivity contribution < 1.29 is 19.5 Å². The van der Waals surface area contributed by atoms with Gasteiger partial charge in [0.1, 0.15) is 5.75 Å². The molecule has 0 unspecified atom stereocenters. The normalized spacial score (nSPS) is 13.9. The number of anilines is 1. The van der Waals surface area contributed by atoms with E-state index in [9.17, 15) is 9.59 Å². The quantitative estimate of drug-likeness (QED) is 0.227. The third-order valence-corrected chi connectivity index (χ3v) is 7.02. The molecule has 0 aliphatic heterocycles. The number of carbonyl (C=O) groups excluding carboxylic acids is 2. The van der Waals surface area contributed by atoms with Crippen molar-refractivity contribution in [3.8, 4) is 5.75 Å². The highest BCUT2D eigenvalue weighted by Crippen LogP contribution is 2.29. The van der Waals surface area contributed by atoms with Crippen LogP contribution in [0.1, 0.15) is 62.7 Å². The SMILES string of the molecule is O=C(CCCCCC(=O)N(Cc1ccc(Br)s1)c1ccc(OC2CCCC2)cc1)NO. The fourth-order valence-corrected chi connectivity index (χ4v) is 5.22. The number of nitrogens with zero attached hydrogens (tertiary/aromatic N) is 1. The van der Waals surface area contributed by atoms with E-state index in [-0.39, 0.29) is 12.3 Å². The van der Waals surface area contributed by atoms with Gasteiger partial charge in [0.05, 0.1) is 16.4 Å². The first-order valence-corrected chi connectivity index (χ1v) is 12.4.